The number of carbonyl (C=O) groups is 1. The fourth-order valence-electron chi connectivity index (χ4n) is 3.89. The lowest BCUT2D eigenvalue weighted by molar-refractivity contribution is -0.384. The van der Waals surface area contributed by atoms with Gasteiger partial charge in [-0.2, -0.15) is 0 Å². The number of rotatable bonds is 7. The van der Waals surface area contributed by atoms with Crippen LogP contribution < -0.4 is 10.9 Å². The van der Waals surface area contributed by atoms with Gasteiger partial charge in [0.25, 0.3) is 11.2 Å². The van der Waals surface area contributed by atoms with E-state index in [4.69, 9.17) is 4.74 Å². The van der Waals surface area contributed by atoms with Crippen LogP contribution in [0.4, 0.5) is 11.5 Å². The molecule has 0 spiro atoms. The summed E-state index contributed by atoms with van der Waals surface area (Å²) in [6.07, 6.45) is 0. The van der Waals surface area contributed by atoms with E-state index >= 15 is 0 Å². The van der Waals surface area contributed by atoms with Crippen LogP contribution in [0.3, 0.4) is 0 Å². The summed E-state index contributed by atoms with van der Waals surface area (Å²) in [6, 6.07) is 15.0. The Morgan fingerprint density at radius 2 is 1.85 bits per heavy atom. The number of hydrogen-bond acceptors (Lipinski definition) is 8. The number of nitro groups is 1. The molecule has 1 aliphatic rings. The van der Waals surface area contributed by atoms with Crippen molar-refractivity contribution >= 4 is 34.9 Å². The van der Waals surface area contributed by atoms with E-state index in [0.717, 1.165) is 5.56 Å². The summed E-state index contributed by atoms with van der Waals surface area (Å²) in [7, 11) is 0. The zero-order valence-corrected chi connectivity index (χ0v) is 19.3. The van der Waals surface area contributed by atoms with Crippen LogP contribution in [-0.4, -0.2) is 33.2 Å². The van der Waals surface area contributed by atoms with E-state index in [-0.39, 0.29) is 23.4 Å². The Hall–Kier alpha value is -3.92. The van der Waals surface area contributed by atoms with E-state index in [2.05, 4.69) is 15.3 Å². The molecule has 0 bridgehead atoms. The number of aromatic nitrogens is 2. The fourth-order valence-corrected chi connectivity index (χ4v) is 4.48. The second kappa shape index (κ2) is 9.92. The molecule has 1 unspecified atom stereocenters. The predicted octanol–water partition coefficient (Wildman–Crippen LogP) is 4.32. The van der Waals surface area contributed by atoms with Gasteiger partial charge in [0.05, 0.1) is 34.3 Å². The molecule has 1 atom stereocenters. The molecule has 0 fully saturated rings. The average molecular weight is 479 g/mol. The first-order valence-electron chi connectivity index (χ1n) is 10.7. The molecule has 0 radical (unpaired) electrons. The van der Waals surface area contributed by atoms with E-state index in [1.54, 1.807) is 19.1 Å². The Labute approximate surface area is 199 Å². The van der Waals surface area contributed by atoms with Crippen molar-refractivity contribution in [3.05, 3.63) is 97.3 Å². The summed E-state index contributed by atoms with van der Waals surface area (Å²) in [4.78, 5) is 44.6. The third-order valence-corrected chi connectivity index (χ3v) is 6.06. The number of anilines is 1. The van der Waals surface area contributed by atoms with Crippen molar-refractivity contribution in [2.24, 2.45) is 0 Å². The molecule has 0 saturated heterocycles. The number of esters is 1. The van der Waals surface area contributed by atoms with Crippen LogP contribution in [0.5, 0.6) is 0 Å². The zero-order chi connectivity index (χ0) is 24.2. The van der Waals surface area contributed by atoms with Gasteiger partial charge in [-0.3, -0.25) is 14.9 Å². The fraction of sp³-hybridized carbons (Fsp3) is 0.208. The molecule has 34 heavy (non-hydrogen) atoms. The Morgan fingerprint density at radius 3 is 2.47 bits per heavy atom. The van der Waals surface area contributed by atoms with Gasteiger partial charge in [-0.15, -0.1) is 0 Å². The summed E-state index contributed by atoms with van der Waals surface area (Å²) in [6.45, 7) is 3.80. The number of nitrogens with zero attached hydrogens (tertiary/aromatic N) is 2. The van der Waals surface area contributed by atoms with Gasteiger partial charge in [0.15, 0.2) is 5.16 Å². The van der Waals surface area contributed by atoms with Crippen LogP contribution in [-0.2, 0) is 9.53 Å². The minimum Gasteiger partial charge on any atom is -0.463 e. The zero-order valence-electron chi connectivity index (χ0n) is 18.5. The van der Waals surface area contributed by atoms with Crippen molar-refractivity contribution in [3.63, 3.8) is 0 Å². The highest BCUT2D eigenvalue weighted by molar-refractivity contribution is 7.99. The number of hydrogen-bond donors (Lipinski definition) is 2. The molecule has 174 valence electrons. The van der Waals surface area contributed by atoms with Crippen LogP contribution in [0.25, 0.3) is 5.70 Å². The molecule has 2 N–H and O–H groups in total. The molecule has 10 heteroatoms. The first-order valence-corrected chi connectivity index (χ1v) is 11.7. The average Bonchev–Trinajstić information content (AvgIpc) is 2.84. The second-order valence-electron chi connectivity index (χ2n) is 7.35. The van der Waals surface area contributed by atoms with Crippen molar-refractivity contribution in [2.45, 2.75) is 24.9 Å². The molecule has 2 heterocycles. The van der Waals surface area contributed by atoms with E-state index in [1.807, 2.05) is 37.3 Å². The Kier molecular flexibility index (Phi) is 6.78. The highest BCUT2D eigenvalue weighted by Crippen LogP contribution is 2.43. The van der Waals surface area contributed by atoms with Crippen LogP contribution in [0, 0.1) is 10.1 Å². The van der Waals surface area contributed by atoms with Crippen molar-refractivity contribution in [1.82, 2.24) is 9.97 Å². The van der Waals surface area contributed by atoms with Gasteiger partial charge in [-0.1, -0.05) is 61.2 Å². The number of nitrogens with one attached hydrogen (secondary N) is 2. The molecule has 2 aromatic carbocycles. The number of benzene rings is 2. The van der Waals surface area contributed by atoms with Crippen LogP contribution in [0.2, 0.25) is 0 Å². The maximum Gasteiger partial charge on any atom is 0.337 e. The Bertz CT molecular complexity index is 1320. The van der Waals surface area contributed by atoms with Crippen molar-refractivity contribution in [2.75, 3.05) is 17.7 Å². The van der Waals surface area contributed by atoms with Gasteiger partial charge in [-0.25, -0.2) is 9.78 Å². The minimum absolute atomic E-state index is 0.0930. The lowest BCUT2D eigenvalue weighted by Gasteiger charge is -2.30. The van der Waals surface area contributed by atoms with Gasteiger partial charge in [0, 0.05) is 12.1 Å². The van der Waals surface area contributed by atoms with Crippen molar-refractivity contribution < 1.29 is 14.5 Å². The monoisotopic (exact) mass is 478 g/mol. The third-order valence-electron chi connectivity index (χ3n) is 5.30. The van der Waals surface area contributed by atoms with E-state index in [0.29, 0.717) is 28.0 Å². The van der Waals surface area contributed by atoms with Gasteiger partial charge in [0.2, 0.25) is 0 Å². The minimum atomic E-state index is -0.844. The van der Waals surface area contributed by atoms with Crippen LogP contribution in [0.1, 0.15) is 36.5 Å². The van der Waals surface area contributed by atoms with Crippen LogP contribution >= 0.6 is 11.8 Å². The molecule has 0 saturated carbocycles. The van der Waals surface area contributed by atoms with Crippen molar-refractivity contribution in [3.8, 4) is 0 Å². The van der Waals surface area contributed by atoms with E-state index < -0.39 is 22.4 Å². The lowest BCUT2D eigenvalue weighted by Crippen LogP contribution is -2.31. The number of thioether (sulfide) groups is 1. The molecule has 0 amide bonds. The number of fused-ring (bicyclic) bond motifs is 1. The predicted molar refractivity (Wildman–Crippen MR) is 130 cm³/mol. The topological polar surface area (TPSA) is 127 Å². The molecular weight excluding hydrogens is 456 g/mol. The summed E-state index contributed by atoms with van der Waals surface area (Å²) in [5, 5.41) is 14.8. The highest BCUT2D eigenvalue weighted by atomic mass is 32.2. The first kappa shape index (κ1) is 23.2. The quantitative estimate of drug-likeness (QED) is 0.169. The molecule has 3 aromatic rings. The van der Waals surface area contributed by atoms with E-state index in [1.165, 1.54) is 23.9 Å². The lowest BCUT2D eigenvalue weighted by atomic mass is 9.81. The summed E-state index contributed by atoms with van der Waals surface area (Å²) in [5.41, 5.74) is 1.72. The number of carbonyl (C=O) groups excluding carboxylic acids is 1. The molecular formula is C24H22N4O5S. The third kappa shape index (κ3) is 4.44. The summed E-state index contributed by atoms with van der Waals surface area (Å²) in [5.74, 6) is -0.393. The molecule has 9 nitrogen and oxygen atoms in total. The summed E-state index contributed by atoms with van der Waals surface area (Å²) < 4.78 is 5.38. The smallest absolute Gasteiger partial charge is 0.337 e. The van der Waals surface area contributed by atoms with Gasteiger partial charge in [0.1, 0.15) is 5.82 Å². The normalized spacial score (nSPS) is 14.8. The molecule has 1 aromatic heterocycles. The number of non-ortho nitro benzene ring substituents is 1. The van der Waals surface area contributed by atoms with E-state index in [9.17, 15) is 19.7 Å². The first-order chi connectivity index (χ1) is 16.4. The molecule has 1 aliphatic heterocycles. The van der Waals surface area contributed by atoms with Crippen molar-refractivity contribution in [1.29, 1.82) is 0 Å². The number of H-pyrrole nitrogens is 1. The number of ether oxygens (including phenoxy) is 1. The SMILES string of the molecule is CCOC(=O)C1=C(c2ccccc2)Nc2nc(SCC)[nH]c(=O)c2C1c1ccc([N+](=O)[O-])cc1. The molecule has 0 aliphatic carbocycles. The Balaban J connectivity index is 2.01. The maximum absolute atomic E-state index is 13.3. The highest BCUT2D eigenvalue weighted by Gasteiger charge is 2.38. The maximum atomic E-state index is 13.3. The second-order valence-corrected chi connectivity index (χ2v) is 8.60. The largest absolute Gasteiger partial charge is 0.463 e. The number of aromatic amines is 1. The van der Waals surface area contributed by atoms with Gasteiger partial charge >= 0.3 is 5.97 Å². The number of nitro benzene ring substituents is 1. The molecule has 4 rings (SSSR count). The van der Waals surface area contributed by atoms with Gasteiger partial charge < -0.3 is 15.0 Å². The summed E-state index contributed by atoms with van der Waals surface area (Å²) >= 11 is 1.39. The Morgan fingerprint density at radius 1 is 1.15 bits per heavy atom. The van der Waals surface area contributed by atoms with Gasteiger partial charge in [-0.05, 0) is 23.8 Å². The standard InChI is InChI=1S/C24H22N4O5S/c1-3-33-23(30)18-17(14-10-12-16(13-11-14)28(31)32)19-21(26-24(34-4-2)27-22(19)29)25-20(18)15-8-6-5-7-9-15/h5-13,17H,3-4H2,1-2H3,(H2,25,26,27,29). The van der Waals surface area contributed by atoms with Crippen LogP contribution in [0.15, 0.2) is 70.1 Å².